The molecule has 0 aliphatic heterocycles. The number of carbonyl (C=O) groups excluding carboxylic acids is 1. The van der Waals surface area contributed by atoms with Crippen molar-refractivity contribution in [3.05, 3.63) is 48.1 Å². The molecule has 0 bridgehead atoms. The molecule has 0 aliphatic rings. The predicted molar refractivity (Wildman–Crippen MR) is 71.5 cm³/mol. The Balaban J connectivity index is 2.32. The Kier molecular flexibility index (Phi) is 3.97. The highest BCUT2D eigenvalue weighted by Crippen LogP contribution is 2.28. The van der Waals surface area contributed by atoms with E-state index >= 15 is 0 Å². The summed E-state index contributed by atoms with van der Waals surface area (Å²) in [5.41, 5.74) is 0.398. The first-order valence-corrected chi connectivity index (χ1v) is 5.69. The summed E-state index contributed by atoms with van der Waals surface area (Å²) < 4.78 is 10.4. The lowest BCUT2D eigenvalue weighted by atomic mass is 10.1. The van der Waals surface area contributed by atoms with Crippen molar-refractivity contribution in [1.29, 1.82) is 0 Å². The molecule has 1 heterocycles. The summed E-state index contributed by atoms with van der Waals surface area (Å²) in [5, 5.41) is 0. The van der Waals surface area contributed by atoms with Crippen LogP contribution in [0.2, 0.25) is 0 Å². The molecule has 5 nitrogen and oxygen atoms in total. The van der Waals surface area contributed by atoms with Gasteiger partial charge in [-0.25, -0.2) is 4.98 Å². The highest BCUT2D eigenvalue weighted by molar-refractivity contribution is 6.10. The Hall–Kier alpha value is -2.56. The molecule has 0 unspecified atom stereocenters. The van der Waals surface area contributed by atoms with Gasteiger partial charge in [-0.3, -0.25) is 4.79 Å². The Morgan fingerprint density at radius 1 is 1.26 bits per heavy atom. The zero-order valence-electron chi connectivity index (χ0n) is 10.7. The third kappa shape index (κ3) is 2.82. The van der Waals surface area contributed by atoms with Gasteiger partial charge in [-0.05, 0) is 24.3 Å². The maximum Gasteiger partial charge on any atom is 0.193 e. The van der Waals surface area contributed by atoms with E-state index in [2.05, 4.69) is 9.97 Å². The number of rotatable bonds is 5. The smallest absolute Gasteiger partial charge is 0.193 e. The lowest BCUT2D eigenvalue weighted by molar-refractivity contribution is 0.104. The van der Waals surface area contributed by atoms with Gasteiger partial charge in [0, 0.05) is 12.4 Å². The Labute approximate surface area is 110 Å². The van der Waals surface area contributed by atoms with Gasteiger partial charge in [0.15, 0.2) is 5.78 Å². The molecular weight excluding hydrogens is 244 g/mol. The number of aromatic amines is 1. The van der Waals surface area contributed by atoms with Crippen LogP contribution in [-0.4, -0.2) is 30.0 Å². The third-order valence-corrected chi connectivity index (χ3v) is 2.59. The molecule has 0 saturated carbocycles. The standard InChI is InChI=1S/C14H14N2O3/c1-18-11-4-3-5-12(19-2)14(11)10(17)6-7-13-15-8-9-16-13/h3-9H,1-2H3,(H,15,16). The van der Waals surface area contributed by atoms with E-state index in [4.69, 9.17) is 9.47 Å². The van der Waals surface area contributed by atoms with Crippen LogP contribution in [0, 0.1) is 0 Å². The predicted octanol–water partition coefficient (Wildman–Crippen LogP) is 2.32. The van der Waals surface area contributed by atoms with E-state index in [1.165, 1.54) is 20.3 Å². The van der Waals surface area contributed by atoms with Crippen molar-refractivity contribution in [3.63, 3.8) is 0 Å². The van der Waals surface area contributed by atoms with Crippen molar-refractivity contribution in [2.45, 2.75) is 0 Å². The molecule has 0 fully saturated rings. The fourth-order valence-corrected chi connectivity index (χ4v) is 1.70. The molecule has 2 rings (SSSR count). The van der Waals surface area contributed by atoms with Gasteiger partial charge in [0.1, 0.15) is 22.9 Å². The molecule has 98 valence electrons. The van der Waals surface area contributed by atoms with Crippen LogP contribution in [0.5, 0.6) is 11.5 Å². The van der Waals surface area contributed by atoms with E-state index in [-0.39, 0.29) is 5.78 Å². The van der Waals surface area contributed by atoms with Gasteiger partial charge in [-0.15, -0.1) is 0 Å². The van der Waals surface area contributed by atoms with Crippen molar-refractivity contribution >= 4 is 11.9 Å². The molecule has 0 saturated heterocycles. The SMILES string of the molecule is COc1cccc(OC)c1C(=O)C=Cc1ncc[nH]1. The zero-order valence-corrected chi connectivity index (χ0v) is 10.7. The second kappa shape index (κ2) is 5.86. The minimum atomic E-state index is -0.203. The number of imidazole rings is 1. The number of aromatic nitrogens is 2. The van der Waals surface area contributed by atoms with E-state index < -0.39 is 0 Å². The summed E-state index contributed by atoms with van der Waals surface area (Å²) in [6.07, 6.45) is 6.34. The maximum atomic E-state index is 12.2. The number of ketones is 1. The molecule has 1 aromatic carbocycles. The van der Waals surface area contributed by atoms with Crippen LogP contribution in [0.4, 0.5) is 0 Å². The highest BCUT2D eigenvalue weighted by Gasteiger charge is 2.15. The van der Waals surface area contributed by atoms with Crippen LogP contribution in [0.25, 0.3) is 6.08 Å². The molecule has 2 aromatic rings. The number of hydrogen-bond acceptors (Lipinski definition) is 4. The van der Waals surface area contributed by atoms with Crippen molar-refractivity contribution in [2.24, 2.45) is 0 Å². The Bertz CT molecular complexity index is 566. The molecule has 0 aliphatic carbocycles. The van der Waals surface area contributed by atoms with Crippen LogP contribution >= 0.6 is 0 Å². The van der Waals surface area contributed by atoms with Crippen LogP contribution in [0.15, 0.2) is 36.7 Å². The number of allylic oxidation sites excluding steroid dienone is 1. The molecule has 5 heteroatoms. The largest absolute Gasteiger partial charge is 0.496 e. The van der Waals surface area contributed by atoms with Crippen molar-refractivity contribution in [1.82, 2.24) is 9.97 Å². The molecule has 0 radical (unpaired) electrons. The topological polar surface area (TPSA) is 64.2 Å². The number of ether oxygens (including phenoxy) is 2. The van der Waals surface area contributed by atoms with Gasteiger partial charge in [-0.1, -0.05) is 6.07 Å². The lowest BCUT2D eigenvalue weighted by Gasteiger charge is -2.10. The highest BCUT2D eigenvalue weighted by atomic mass is 16.5. The fourth-order valence-electron chi connectivity index (χ4n) is 1.70. The van der Waals surface area contributed by atoms with E-state index in [1.54, 1.807) is 36.7 Å². The van der Waals surface area contributed by atoms with Gasteiger partial charge in [0.2, 0.25) is 0 Å². The average Bonchev–Trinajstić information content (AvgIpc) is 2.97. The first-order valence-electron chi connectivity index (χ1n) is 5.69. The number of nitrogens with zero attached hydrogens (tertiary/aromatic N) is 1. The van der Waals surface area contributed by atoms with Gasteiger partial charge in [-0.2, -0.15) is 0 Å². The number of H-pyrrole nitrogens is 1. The van der Waals surface area contributed by atoms with Gasteiger partial charge in [0.05, 0.1) is 14.2 Å². The summed E-state index contributed by atoms with van der Waals surface area (Å²) >= 11 is 0. The van der Waals surface area contributed by atoms with Crippen LogP contribution in [-0.2, 0) is 0 Å². The molecule has 1 aromatic heterocycles. The number of nitrogens with one attached hydrogen (secondary N) is 1. The van der Waals surface area contributed by atoms with Crippen molar-refractivity contribution in [3.8, 4) is 11.5 Å². The third-order valence-electron chi connectivity index (χ3n) is 2.59. The van der Waals surface area contributed by atoms with Crippen LogP contribution in [0.1, 0.15) is 16.2 Å². The van der Waals surface area contributed by atoms with Crippen LogP contribution < -0.4 is 9.47 Å². The number of methoxy groups -OCH3 is 2. The Morgan fingerprint density at radius 3 is 2.47 bits per heavy atom. The Morgan fingerprint density at radius 2 is 1.95 bits per heavy atom. The normalized spacial score (nSPS) is 10.6. The molecular formula is C14H14N2O3. The minimum absolute atomic E-state index is 0.203. The molecule has 0 spiro atoms. The van der Waals surface area contributed by atoms with E-state index in [0.717, 1.165) is 0 Å². The molecule has 19 heavy (non-hydrogen) atoms. The first kappa shape index (κ1) is 12.9. The summed E-state index contributed by atoms with van der Waals surface area (Å²) in [7, 11) is 3.03. The molecule has 1 N–H and O–H groups in total. The number of hydrogen-bond donors (Lipinski definition) is 1. The zero-order chi connectivity index (χ0) is 13.7. The summed E-state index contributed by atoms with van der Waals surface area (Å²) in [4.78, 5) is 19.1. The van der Waals surface area contributed by atoms with Gasteiger partial charge in [0.25, 0.3) is 0 Å². The quantitative estimate of drug-likeness (QED) is 0.660. The van der Waals surface area contributed by atoms with E-state index in [1.807, 2.05) is 0 Å². The second-order valence-corrected chi connectivity index (χ2v) is 3.71. The minimum Gasteiger partial charge on any atom is -0.496 e. The fraction of sp³-hybridized carbons (Fsp3) is 0.143. The number of benzene rings is 1. The average molecular weight is 258 g/mol. The van der Waals surface area contributed by atoms with E-state index in [9.17, 15) is 4.79 Å². The lowest BCUT2D eigenvalue weighted by Crippen LogP contribution is -2.02. The van der Waals surface area contributed by atoms with Gasteiger partial charge < -0.3 is 14.5 Å². The summed E-state index contributed by atoms with van der Waals surface area (Å²) in [5.74, 6) is 1.37. The van der Waals surface area contributed by atoms with Crippen LogP contribution in [0.3, 0.4) is 0 Å². The monoisotopic (exact) mass is 258 g/mol. The molecule has 0 atom stereocenters. The van der Waals surface area contributed by atoms with Crippen molar-refractivity contribution in [2.75, 3.05) is 14.2 Å². The molecule has 0 amide bonds. The first-order chi connectivity index (χ1) is 9.26. The maximum absolute atomic E-state index is 12.2. The van der Waals surface area contributed by atoms with Crippen molar-refractivity contribution < 1.29 is 14.3 Å². The van der Waals surface area contributed by atoms with E-state index in [0.29, 0.717) is 22.9 Å². The van der Waals surface area contributed by atoms with Gasteiger partial charge >= 0.3 is 0 Å². The summed E-state index contributed by atoms with van der Waals surface area (Å²) in [6, 6.07) is 5.21. The number of carbonyl (C=O) groups is 1. The summed E-state index contributed by atoms with van der Waals surface area (Å²) in [6.45, 7) is 0. The second-order valence-electron chi connectivity index (χ2n) is 3.71.